The zero-order valence-electron chi connectivity index (χ0n) is 15.6. The maximum atomic E-state index is 12.8. The van der Waals surface area contributed by atoms with Gasteiger partial charge in [-0.1, -0.05) is 37.3 Å². The van der Waals surface area contributed by atoms with Gasteiger partial charge in [0.2, 0.25) is 5.91 Å². The van der Waals surface area contributed by atoms with Gasteiger partial charge in [0, 0.05) is 12.7 Å². The molecule has 0 aromatic heterocycles. The number of hydrogen-bond acceptors (Lipinski definition) is 6. The Morgan fingerprint density at radius 1 is 1.30 bits per heavy atom. The minimum absolute atomic E-state index is 0.157. The Morgan fingerprint density at radius 2 is 2.00 bits per heavy atom. The van der Waals surface area contributed by atoms with Gasteiger partial charge in [-0.3, -0.25) is 14.5 Å². The van der Waals surface area contributed by atoms with Crippen molar-refractivity contribution in [3.63, 3.8) is 0 Å². The van der Waals surface area contributed by atoms with Crippen molar-refractivity contribution in [2.45, 2.75) is 45.3 Å². The molecule has 27 heavy (non-hydrogen) atoms. The van der Waals surface area contributed by atoms with Crippen LogP contribution in [0.15, 0.2) is 41.6 Å². The first-order valence-electron chi connectivity index (χ1n) is 8.96. The highest BCUT2D eigenvalue weighted by atomic mass is 32.2. The number of nitrogens with zero attached hydrogens (tertiary/aromatic N) is 1. The average Bonchev–Trinajstić information content (AvgIpc) is 2.66. The van der Waals surface area contributed by atoms with Crippen molar-refractivity contribution in [1.29, 1.82) is 0 Å². The van der Waals surface area contributed by atoms with E-state index in [1.165, 1.54) is 11.8 Å². The molecule has 0 N–H and O–H groups in total. The predicted molar refractivity (Wildman–Crippen MR) is 101 cm³/mol. The monoisotopic (exact) mass is 389 g/mol. The molecule has 0 saturated carbocycles. The van der Waals surface area contributed by atoms with E-state index in [9.17, 15) is 14.4 Å². The maximum absolute atomic E-state index is 12.8. The molecule has 1 amide bonds. The van der Waals surface area contributed by atoms with Crippen LogP contribution < -0.4 is 0 Å². The van der Waals surface area contributed by atoms with Gasteiger partial charge in [-0.15, -0.1) is 11.8 Å². The third-order valence-electron chi connectivity index (χ3n) is 4.73. The van der Waals surface area contributed by atoms with Crippen LogP contribution in [0.3, 0.4) is 0 Å². The lowest BCUT2D eigenvalue weighted by atomic mass is 9.88. The second-order valence-electron chi connectivity index (χ2n) is 6.68. The number of ether oxygens (including phenoxy) is 2. The van der Waals surface area contributed by atoms with Gasteiger partial charge in [0.1, 0.15) is 24.3 Å². The fourth-order valence-corrected chi connectivity index (χ4v) is 4.83. The summed E-state index contributed by atoms with van der Waals surface area (Å²) in [6.07, 6.45) is 0.0842. The Kier molecular flexibility index (Phi) is 5.89. The molecule has 3 rings (SSSR count). The van der Waals surface area contributed by atoms with Crippen molar-refractivity contribution < 1.29 is 23.9 Å². The fraction of sp³-hybridized carbons (Fsp3) is 0.450. The number of carbonyl (C=O) groups is 3. The van der Waals surface area contributed by atoms with Crippen LogP contribution in [-0.2, 0) is 30.5 Å². The Morgan fingerprint density at radius 3 is 2.63 bits per heavy atom. The van der Waals surface area contributed by atoms with Gasteiger partial charge < -0.3 is 9.47 Å². The van der Waals surface area contributed by atoms with Crippen molar-refractivity contribution in [1.82, 2.24) is 4.90 Å². The Bertz CT molecular complexity index is 776. The molecule has 0 spiro atoms. The third kappa shape index (κ3) is 3.88. The highest BCUT2D eigenvalue weighted by molar-refractivity contribution is 8.00. The molecule has 1 fully saturated rings. The van der Waals surface area contributed by atoms with Gasteiger partial charge >= 0.3 is 11.9 Å². The highest BCUT2D eigenvalue weighted by Gasteiger charge is 2.56. The van der Waals surface area contributed by atoms with Crippen LogP contribution in [-0.4, -0.2) is 40.0 Å². The quantitative estimate of drug-likeness (QED) is 0.550. The number of carbonyl (C=O) groups excluding carboxylic acids is 3. The summed E-state index contributed by atoms with van der Waals surface area (Å²) in [6.45, 7) is 5.22. The van der Waals surface area contributed by atoms with Gasteiger partial charge in [0.05, 0.1) is 5.37 Å². The molecule has 0 bridgehead atoms. The first kappa shape index (κ1) is 19.5. The van der Waals surface area contributed by atoms with Crippen molar-refractivity contribution in [3.8, 4) is 0 Å². The first-order chi connectivity index (χ1) is 12.9. The van der Waals surface area contributed by atoms with E-state index in [1.54, 1.807) is 11.8 Å². The molecule has 1 unspecified atom stereocenters. The molecule has 0 radical (unpaired) electrons. The Hall–Kier alpha value is -2.28. The second kappa shape index (κ2) is 8.17. The molecule has 144 valence electrons. The second-order valence-corrected chi connectivity index (χ2v) is 7.79. The number of thioether (sulfide) groups is 1. The van der Waals surface area contributed by atoms with Crippen molar-refractivity contribution in [2.75, 3.05) is 5.75 Å². The fourth-order valence-electron chi connectivity index (χ4n) is 3.42. The van der Waals surface area contributed by atoms with E-state index >= 15 is 0 Å². The van der Waals surface area contributed by atoms with E-state index in [0.29, 0.717) is 17.9 Å². The van der Waals surface area contributed by atoms with Crippen LogP contribution in [0.4, 0.5) is 0 Å². The third-order valence-corrected chi connectivity index (χ3v) is 6.17. The number of esters is 2. The lowest BCUT2D eigenvalue weighted by Gasteiger charge is -2.51. The van der Waals surface area contributed by atoms with Gasteiger partial charge in [-0.05, 0) is 24.5 Å². The highest BCUT2D eigenvalue weighted by Crippen LogP contribution is 2.46. The summed E-state index contributed by atoms with van der Waals surface area (Å²) in [7, 11) is 0. The van der Waals surface area contributed by atoms with E-state index in [2.05, 4.69) is 0 Å². The predicted octanol–water partition coefficient (Wildman–Crippen LogP) is 2.88. The number of fused-ring (bicyclic) bond motifs is 1. The molecule has 1 saturated heterocycles. The summed E-state index contributed by atoms with van der Waals surface area (Å²) < 4.78 is 10.8. The standard InChI is InChI=1S/C20H23NO5S/c1-4-15(26-13(3)22)16-18(23)21-17(12(2)11-27-19(16)21)20(24)25-10-14-8-6-5-7-9-14/h5-9,15-16,19H,4,10-11H2,1-3H3/t15?,16-,19-/m0/s1. The maximum Gasteiger partial charge on any atom is 0.355 e. The van der Waals surface area contributed by atoms with Crippen molar-refractivity contribution >= 4 is 29.6 Å². The van der Waals surface area contributed by atoms with Crippen LogP contribution in [0.5, 0.6) is 0 Å². The van der Waals surface area contributed by atoms with Crippen LogP contribution >= 0.6 is 11.8 Å². The SMILES string of the molecule is CCC(OC(C)=O)[C@H]1C(=O)N2C(C(=O)OCc3ccccc3)=C(C)CS[C@@H]12. The summed E-state index contributed by atoms with van der Waals surface area (Å²) >= 11 is 1.59. The van der Waals surface area contributed by atoms with E-state index in [0.717, 1.165) is 11.1 Å². The molecule has 3 atom stereocenters. The molecule has 6 nitrogen and oxygen atoms in total. The van der Waals surface area contributed by atoms with Crippen molar-refractivity contribution in [2.24, 2.45) is 5.92 Å². The van der Waals surface area contributed by atoms with E-state index in [4.69, 9.17) is 9.47 Å². The average molecular weight is 389 g/mol. The van der Waals surface area contributed by atoms with Gasteiger partial charge in [-0.25, -0.2) is 4.79 Å². The zero-order valence-corrected chi connectivity index (χ0v) is 16.5. The number of hydrogen-bond donors (Lipinski definition) is 0. The van der Waals surface area contributed by atoms with Crippen LogP contribution in [0.25, 0.3) is 0 Å². The molecule has 1 aromatic rings. The normalized spacial score (nSPS) is 22.6. The summed E-state index contributed by atoms with van der Waals surface area (Å²) in [5.41, 5.74) is 2.04. The molecule has 2 heterocycles. The smallest absolute Gasteiger partial charge is 0.355 e. The molecule has 7 heteroatoms. The molecule has 2 aliphatic heterocycles. The largest absolute Gasteiger partial charge is 0.462 e. The van der Waals surface area contributed by atoms with Crippen molar-refractivity contribution in [3.05, 3.63) is 47.2 Å². The summed E-state index contributed by atoms with van der Waals surface area (Å²) in [5, 5.41) is -0.204. The number of amides is 1. The summed E-state index contributed by atoms with van der Waals surface area (Å²) in [4.78, 5) is 38.3. The van der Waals surface area contributed by atoms with E-state index in [1.807, 2.05) is 44.2 Å². The van der Waals surface area contributed by atoms with E-state index in [-0.39, 0.29) is 17.9 Å². The first-order valence-corrected chi connectivity index (χ1v) is 10.0. The van der Waals surface area contributed by atoms with Crippen LogP contribution in [0, 0.1) is 5.92 Å². The lowest BCUT2D eigenvalue weighted by molar-refractivity contribution is -0.168. The summed E-state index contributed by atoms with van der Waals surface area (Å²) in [5.74, 6) is -0.866. The van der Waals surface area contributed by atoms with Crippen LogP contribution in [0.1, 0.15) is 32.8 Å². The lowest BCUT2D eigenvalue weighted by Crippen LogP contribution is -2.65. The number of rotatable bonds is 6. The molecule has 2 aliphatic rings. The zero-order chi connectivity index (χ0) is 19.6. The number of benzene rings is 1. The van der Waals surface area contributed by atoms with Gasteiger partial charge in [0.25, 0.3) is 0 Å². The minimum Gasteiger partial charge on any atom is -0.462 e. The summed E-state index contributed by atoms with van der Waals surface area (Å²) in [6, 6.07) is 9.41. The Balaban J connectivity index is 1.72. The van der Waals surface area contributed by atoms with Gasteiger partial charge in [0.15, 0.2) is 0 Å². The molecular weight excluding hydrogens is 366 g/mol. The minimum atomic E-state index is -0.492. The van der Waals surface area contributed by atoms with Crippen LogP contribution in [0.2, 0.25) is 0 Å². The molecular formula is C20H23NO5S. The molecule has 0 aliphatic carbocycles. The topological polar surface area (TPSA) is 72.9 Å². The van der Waals surface area contributed by atoms with E-state index < -0.39 is 24.0 Å². The molecule has 1 aromatic carbocycles. The number of β-lactam (4-membered cyclic amide) rings is 1. The Labute approximate surface area is 162 Å². The van der Waals surface area contributed by atoms with Gasteiger partial charge in [-0.2, -0.15) is 0 Å².